The van der Waals surface area contributed by atoms with Gasteiger partial charge in [0, 0.05) is 58.2 Å². The fourth-order valence-electron chi connectivity index (χ4n) is 8.46. The third kappa shape index (κ3) is 48.3. The minimum atomic E-state index is -1.48. The van der Waals surface area contributed by atoms with Crippen LogP contribution in [0, 0.1) is 0 Å². The number of Topliss-reactive ketones (excluding diaryl/α,β-unsaturated/α-hetero) is 1. The van der Waals surface area contributed by atoms with Crippen molar-refractivity contribution in [3.05, 3.63) is 0 Å². The molecule has 0 radical (unpaired) electrons. The lowest BCUT2D eigenvalue weighted by Gasteiger charge is -2.17. The van der Waals surface area contributed by atoms with Gasteiger partial charge in [0.05, 0.1) is 45.7 Å². The first-order valence-electron chi connectivity index (χ1n) is 30.0. The van der Waals surface area contributed by atoms with Gasteiger partial charge in [-0.3, -0.25) is 38.4 Å². The largest absolute Gasteiger partial charge is 0.481 e. The van der Waals surface area contributed by atoms with E-state index in [0.29, 0.717) is 38.6 Å². The number of amides is 6. The molecular formula is C57H101N7O19. The number of likely N-dealkylation sites (N-methyl/N-ethyl adjacent to an activating group) is 1. The highest BCUT2D eigenvalue weighted by molar-refractivity contribution is 5.87. The summed E-state index contributed by atoms with van der Waals surface area (Å²) in [5.74, 6) is -7.71. The number of carbonyl (C=O) groups excluding carboxylic acids is 7. The van der Waals surface area contributed by atoms with Gasteiger partial charge in [0.1, 0.15) is 37.1 Å². The van der Waals surface area contributed by atoms with Crippen molar-refractivity contribution >= 4 is 65.1 Å². The molecule has 11 N–H and O–H groups in total. The second kappa shape index (κ2) is 52.9. The molecule has 0 saturated carbocycles. The van der Waals surface area contributed by atoms with Crippen LogP contribution in [0.25, 0.3) is 0 Å². The lowest BCUT2D eigenvalue weighted by Crippen LogP contribution is -2.45. The van der Waals surface area contributed by atoms with Crippen molar-refractivity contribution in [1.82, 2.24) is 37.2 Å². The number of carboxylic acids is 4. The number of ether oxygens (including phenoxy) is 4. The molecule has 478 valence electrons. The Hall–Kier alpha value is -5.83. The Morgan fingerprint density at radius 3 is 1.16 bits per heavy atom. The molecule has 0 aliphatic rings. The van der Waals surface area contributed by atoms with Crippen molar-refractivity contribution in [2.75, 3.05) is 79.5 Å². The number of hydrogen-bond acceptors (Lipinski definition) is 16. The number of carboxylic acid groups (broad SMARTS) is 4. The molecule has 26 nitrogen and oxygen atoms in total. The summed E-state index contributed by atoms with van der Waals surface area (Å²) in [5.41, 5.74) is 0. The van der Waals surface area contributed by atoms with Crippen LogP contribution in [0.3, 0.4) is 0 Å². The molecule has 26 heteroatoms. The topological polar surface area (TPSA) is 390 Å². The van der Waals surface area contributed by atoms with Crippen LogP contribution in [-0.2, 0) is 71.7 Å². The van der Waals surface area contributed by atoms with Crippen molar-refractivity contribution in [1.29, 1.82) is 0 Å². The summed E-state index contributed by atoms with van der Waals surface area (Å²) in [6.07, 6.45) is 19.3. The lowest BCUT2D eigenvalue weighted by atomic mass is 10.0. The van der Waals surface area contributed by atoms with Crippen LogP contribution >= 0.6 is 0 Å². The fraction of sp³-hybridized carbons (Fsp3) is 0.807. The van der Waals surface area contributed by atoms with Crippen LogP contribution in [0.5, 0.6) is 0 Å². The molecule has 83 heavy (non-hydrogen) atoms. The predicted molar refractivity (Wildman–Crippen MR) is 306 cm³/mol. The highest BCUT2D eigenvalue weighted by atomic mass is 16.5. The molecule has 0 aromatic carbocycles. The molecule has 0 spiro atoms. The maximum Gasteiger partial charge on any atom is 0.326 e. The van der Waals surface area contributed by atoms with E-state index in [1.54, 1.807) is 7.05 Å². The number of unbranched alkanes of at least 4 members (excludes halogenated alkanes) is 16. The smallest absolute Gasteiger partial charge is 0.326 e. The molecular weight excluding hydrogens is 1090 g/mol. The molecule has 0 heterocycles. The standard InChI is InChI=1S/C57H101N7O19/c1-3-4-17-23-47(65)43(58-2)22-20-21-32-59-48(66)29-26-45(56(76)77)63-51(69)31-28-46(57(78)79)64-53(71)42-83-40-38-81-36-34-61-52(70)41-82-39-37-80-35-33-60-49(67)30-27-44(55(74)75)62-50(68)24-18-15-13-11-9-7-5-6-8-10-12-14-16-19-25-54(72)73/h43-46,58H,3-42H2,1-2H3,(H,59,66)(H,60,67)(H,61,70)(H,62,68)(H,63,69)(H,64,71)(H,72,73)(H,74,75)(H,76,77)(H,78,79). The normalized spacial score (nSPS) is 12.5. The van der Waals surface area contributed by atoms with E-state index in [0.717, 1.165) is 70.6 Å². The van der Waals surface area contributed by atoms with Crippen LogP contribution in [0.15, 0.2) is 0 Å². The monoisotopic (exact) mass is 1190 g/mol. The minimum Gasteiger partial charge on any atom is -0.481 e. The zero-order valence-electron chi connectivity index (χ0n) is 49.5. The second-order valence-corrected chi connectivity index (χ2v) is 20.5. The molecule has 4 atom stereocenters. The zero-order chi connectivity index (χ0) is 61.7. The molecule has 0 aromatic rings. The summed E-state index contributed by atoms with van der Waals surface area (Å²) in [6.45, 7) is 2.42. The van der Waals surface area contributed by atoms with Gasteiger partial charge in [0.15, 0.2) is 0 Å². The van der Waals surface area contributed by atoms with Crippen LogP contribution in [-0.4, -0.2) is 189 Å². The number of hydrogen-bond donors (Lipinski definition) is 11. The van der Waals surface area contributed by atoms with Crippen LogP contribution in [0.2, 0.25) is 0 Å². The van der Waals surface area contributed by atoms with Gasteiger partial charge in [0.25, 0.3) is 0 Å². The third-order valence-electron chi connectivity index (χ3n) is 13.3. The number of ketones is 1. The Kier molecular flexibility index (Phi) is 49.2. The van der Waals surface area contributed by atoms with E-state index in [1.165, 1.54) is 32.1 Å². The van der Waals surface area contributed by atoms with Gasteiger partial charge in [-0.15, -0.1) is 0 Å². The van der Waals surface area contributed by atoms with E-state index >= 15 is 0 Å². The number of rotatable bonds is 59. The highest BCUT2D eigenvalue weighted by Crippen LogP contribution is 2.15. The molecule has 0 rings (SSSR count). The van der Waals surface area contributed by atoms with E-state index in [9.17, 15) is 68.1 Å². The van der Waals surface area contributed by atoms with Crippen molar-refractivity contribution in [2.24, 2.45) is 0 Å². The van der Waals surface area contributed by atoms with Gasteiger partial charge in [-0.05, 0) is 64.8 Å². The quantitative estimate of drug-likeness (QED) is 0.0387. The minimum absolute atomic E-state index is 0.0418. The van der Waals surface area contributed by atoms with Gasteiger partial charge in [0.2, 0.25) is 35.4 Å². The molecule has 0 aromatic heterocycles. The van der Waals surface area contributed by atoms with Crippen LogP contribution in [0.4, 0.5) is 0 Å². The fourth-order valence-corrected chi connectivity index (χ4v) is 8.46. The first kappa shape index (κ1) is 77.2. The summed E-state index contributed by atoms with van der Waals surface area (Å²) in [6, 6.07) is -4.30. The second-order valence-electron chi connectivity index (χ2n) is 20.5. The molecule has 0 bridgehead atoms. The zero-order valence-corrected chi connectivity index (χ0v) is 49.5. The Balaban J connectivity index is 4.01. The van der Waals surface area contributed by atoms with Crippen LogP contribution in [0.1, 0.15) is 193 Å². The summed E-state index contributed by atoms with van der Waals surface area (Å²) in [5, 5.41) is 55.4. The highest BCUT2D eigenvalue weighted by Gasteiger charge is 2.25. The van der Waals surface area contributed by atoms with E-state index in [4.69, 9.17) is 24.1 Å². The summed E-state index contributed by atoms with van der Waals surface area (Å²) < 4.78 is 21.2. The number of carbonyl (C=O) groups is 11. The molecule has 0 saturated heterocycles. The van der Waals surface area contributed by atoms with Gasteiger partial charge in [-0.2, -0.15) is 0 Å². The van der Waals surface area contributed by atoms with Crippen molar-refractivity contribution in [3.8, 4) is 0 Å². The van der Waals surface area contributed by atoms with E-state index in [1.807, 2.05) is 0 Å². The van der Waals surface area contributed by atoms with E-state index < -0.39 is 84.6 Å². The third-order valence-corrected chi connectivity index (χ3v) is 13.3. The average molecular weight is 1190 g/mol. The maximum atomic E-state index is 12.5. The molecule has 0 fully saturated rings. The Bertz CT molecular complexity index is 1860. The van der Waals surface area contributed by atoms with Gasteiger partial charge in [-0.1, -0.05) is 96.8 Å². The Morgan fingerprint density at radius 2 is 0.711 bits per heavy atom. The SMILES string of the molecule is CCCCCC(=O)C(CCCCNC(=O)CCC(NC(=O)CCC(NC(=O)COCCOCCNC(=O)COCCOCCNC(=O)CCC(NC(=O)CCCCCCCCCCCCCCCCC(=O)O)C(=O)O)C(=O)O)C(=O)O)NC. The van der Waals surface area contributed by atoms with Crippen molar-refractivity contribution < 1.29 is 92.1 Å². The van der Waals surface area contributed by atoms with Gasteiger partial charge in [-0.25, -0.2) is 14.4 Å². The van der Waals surface area contributed by atoms with E-state index in [-0.39, 0.29) is 122 Å². The summed E-state index contributed by atoms with van der Waals surface area (Å²) >= 11 is 0. The van der Waals surface area contributed by atoms with Crippen molar-refractivity contribution in [3.63, 3.8) is 0 Å². The van der Waals surface area contributed by atoms with Gasteiger partial charge >= 0.3 is 23.9 Å². The van der Waals surface area contributed by atoms with Crippen molar-refractivity contribution in [2.45, 2.75) is 217 Å². The first-order valence-corrected chi connectivity index (χ1v) is 30.0. The number of aliphatic carboxylic acids is 4. The maximum absolute atomic E-state index is 12.5. The molecule has 6 amide bonds. The summed E-state index contributed by atoms with van der Waals surface area (Å²) in [7, 11) is 1.74. The van der Waals surface area contributed by atoms with E-state index in [2.05, 4.69) is 44.1 Å². The Morgan fingerprint density at radius 1 is 0.337 bits per heavy atom. The predicted octanol–water partition coefficient (Wildman–Crippen LogP) is 3.68. The molecule has 4 unspecified atom stereocenters. The molecule has 0 aliphatic carbocycles. The number of nitrogens with one attached hydrogen (secondary N) is 7. The average Bonchev–Trinajstić information content (AvgIpc) is 3.45. The van der Waals surface area contributed by atoms with Crippen LogP contribution < -0.4 is 37.2 Å². The summed E-state index contributed by atoms with van der Waals surface area (Å²) in [4.78, 5) is 132. The molecule has 0 aliphatic heterocycles. The van der Waals surface area contributed by atoms with Gasteiger partial charge < -0.3 is 76.6 Å². The Labute approximate surface area is 489 Å². The first-order chi connectivity index (χ1) is 39.9. The lowest BCUT2D eigenvalue weighted by molar-refractivity contribution is -0.144.